The molecule has 2 rings (SSSR count). The van der Waals surface area contributed by atoms with Gasteiger partial charge in [0.25, 0.3) is 5.56 Å². The highest BCUT2D eigenvalue weighted by atomic mass is 32.2. The summed E-state index contributed by atoms with van der Waals surface area (Å²) in [6.45, 7) is 5.74. The third-order valence-electron chi connectivity index (χ3n) is 2.56. The van der Waals surface area contributed by atoms with Crippen LogP contribution in [0, 0.1) is 6.92 Å². The molecule has 22 heavy (non-hydrogen) atoms. The Morgan fingerprint density at radius 1 is 1.59 bits per heavy atom. The number of hydrogen-bond donors (Lipinski definition) is 2. The monoisotopic (exact) mass is 321 g/mol. The van der Waals surface area contributed by atoms with Crippen LogP contribution in [0.1, 0.15) is 5.76 Å². The number of carbonyl (C=O) groups is 1. The van der Waals surface area contributed by atoms with Crippen LogP contribution in [0.15, 0.2) is 39.3 Å². The topological polar surface area (TPSA) is 116 Å². The number of allylic oxidation sites excluding steroid dienone is 1. The Labute approximate surface area is 130 Å². The molecule has 0 bridgehead atoms. The first kappa shape index (κ1) is 15.8. The first-order valence-electron chi connectivity index (χ1n) is 6.34. The number of thioether (sulfide) groups is 1. The van der Waals surface area contributed by atoms with Crippen LogP contribution in [-0.2, 0) is 11.3 Å². The maximum absolute atomic E-state index is 11.9. The molecule has 0 aliphatic carbocycles. The quantitative estimate of drug-likeness (QED) is 0.464. The summed E-state index contributed by atoms with van der Waals surface area (Å²) < 4.78 is 6.46. The molecule has 0 atom stereocenters. The molecule has 0 aliphatic rings. The maximum atomic E-state index is 11.9. The summed E-state index contributed by atoms with van der Waals surface area (Å²) in [6.07, 6.45) is 1.63. The Bertz CT molecular complexity index is 752. The highest BCUT2D eigenvalue weighted by Crippen LogP contribution is 2.17. The van der Waals surface area contributed by atoms with Gasteiger partial charge in [-0.1, -0.05) is 23.0 Å². The molecule has 9 heteroatoms. The van der Waals surface area contributed by atoms with Gasteiger partial charge in [0.05, 0.1) is 5.75 Å². The van der Waals surface area contributed by atoms with Crippen LogP contribution in [0.25, 0.3) is 0 Å². The Hall–Kier alpha value is -2.55. The van der Waals surface area contributed by atoms with Gasteiger partial charge >= 0.3 is 0 Å². The molecule has 116 valence electrons. The lowest BCUT2D eigenvalue weighted by atomic mass is 10.5. The first-order valence-corrected chi connectivity index (χ1v) is 7.32. The summed E-state index contributed by atoms with van der Waals surface area (Å²) in [5, 5.41) is 6.61. The van der Waals surface area contributed by atoms with Gasteiger partial charge in [0, 0.05) is 18.7 Å². The van der Waals surface area contributed by atoms with Crippen LogP contribution in [0.5, 0.6) is 0 Å². The fourth-order valence-corrected chi connectivity index (χ4v) is 2.48. The zero-order valence-corrected chi connectivity index (χ0v) is 12.7. The largest absolute Gasteiger partial charge is 0.385 e. The second kappa shape index (κ2) is 6.94. The van der Waals surface area contributed by atoms with Crippen LogP contribution in [-0.4, -0.2) is 26.4 Å². The number of aryl methyl sites for hydroxylation is 1. The van der Waals surface area contributed by atoms with Crippen molar-refractivity contribution < 1.29 is 9.32 Å². The van der Waals surface area contributed by atoms with E-state index in [0.717, 1.165) is 11.8 Å². The zero-order chi connectivity index (χ0) is 16.1. The van der Waals surface area contributed by atoms with E-state index >= 15 is 0 Å². The summed E-state index contributed by atoms with van der Waals surface area (Å²) >= 11 is 1.10. The van der Waals surface area contributed by atoms with Crippen molar-refractivity contribution in [3.63, 3.8) is 0 Å². The summed E-state index contributed by atoms with van der Waals surface area (Å²) in [6, 6.07) is 2.83. The molecule has 0 aliphatic heterocycles. The van der Waals surface area contributed by atoms with Gasteiger partial charge in [-0.05, 0) is 6.92 Å². The lowest BCUT2D eigenvalue weighted by molar-refractivity contribution is -0.113. The molecule has 1 amide bonds. The number of carbonyl (C=O) groups excluding carboxylic acids is 1. The van der Waals surface area contributed by atoms with Crippen LogP contribution in [0.3, 0.4) is 0 Å². The van der Waals surface area contributed by atoms with E-state index in [0.29, 0.717) is 23.3 Å². The van der Waals surface area contributed by atoms with E-state index in [1.54, 1.807) is 23.6 Å². The standard InChI is InChI=1S/C13H15N5O3S/c1-3-4-18-9(14)6-11(19)16-13(18)22-7-12(20)15-10-5-8(2)21-17-10/h3,5-6H,1,4,7,14H2,2H3,(H,15,17,20). The average molecular weight is 321 g/mol. The van der Waals surface area contributed by atoms with Gasteiger partial charge in [0.1, 0.15) is 11.6 Å². The smallest absolute Gasteiger partial charge is 0.275 e. The zero-order valence-electron chi connectivity index (χ0n) is 11.9. The normalized spacial score (nSPS) is 10.4. The molecule has 2 aromatic heterocycles. The van der Waals surface area contributed by atoms with Crippen LogP contribution in [0.2, 0.25) is 0 Å². The minimum atomic E-state index is -0.451. The molecular formula is C13H15N5O3S. The van der Waals surface area contributed by atoms with Crippen LogP contribution < -0.4 is 16.6 Å². The van der Waals surface area contributed by atoms with Gasteiger partial charge in [-0.3, -0.25) is 9.59 Å². The molecule has 0 aromatic carbocycles. The van der Waals surface area contributed by atoms with Crippen molar-refractivity contribution in [3.8, 4) is 0 Å². The second-order valence-corrected chi connectivity index (χ2v) is 5.30. The Morgan fingerprint density at radius 3 is 3.00 bits per heavy atom. The number of nitrogens with zero attached hydrogens (tertiary/aromatic N) is 3. The maximum Gasteiger partial charge on any atom is 0.275 e. The molecule has 3 N–H and O–H groups in total. The highest BCUT2D eigenvalue weighted by molar-refractivity contribution is 7.99. The molecule has 8 nitrogen and oxygen atoms in total. The number of nitrogens with one attached hydrogen (secondary N) is 1. The molecule has 2 aromatic rings. The Kier molecular flexibility index (Phi) is 4.99. The van der Waals surface area contributed by atoms with E-state index < -0.39 is 5.56 Å². The summed E-state index contributed by atoms with van der Waals surface area (Å²) in [5.41, 5.74) is 5.33. The number of hydrogen-bond acceptors (Lipinski definition) is 7. The van der Waals surface area contributed by atoms with Gasteiger partial charge in [0.2, 0.25) is 5.91 Å². The third-order valence-corrected chi connectivity index (χ3v) is 3.54. The van der Waals surface area contributed by atoms with Crippen LogP contribution >= 0.6 is 11.8 Å². The molecule has 0 radical (unpaired) electrons. The van der Waals surface area contributed by atoms with E-state index in [1.165, 1.54) is 6.07 Å². The molecule has 0 spiro atoms. The summed E-state index contributed by atoms with van der Waals surface area (Å²) in [4.78, 5) is 27.2. The van der Waals surface area contributed by atoms with Crippen LogP contribution in [0.4, 0.5) is 11.6 Å². The third kappa shape index (κ3) is 3.98. The van der Waals surface area contributed by atoms with Crippen molar-refractivity contribution in [1.29, 1.82) is 0 Å². The van der Waals surface area contributed by atoms with E-state index in [4.69, 9.17) is 10.3 Å². The molecule has 0 saturated carbocycles. The van der Waals surface area contributed by atoms with Crippen molar-refractivity contribution in [2.45, 2.75) is 18.6 Å². The lowest BCUT2D eigenvalue weighted by Crippen LogP contribution is -2.19. The molecule has 2 heterocycles. The highest BCUT2D eigenvalue weighted by Gasteiger charge is 2.11. The van der Waals surface area contributed by atoms with E-state index in [9.17, 15) is 9.59 Å². The van der Waals surface area contributed by atoms with Gasteiger partial charge in [-0.15, -0.1) is 6.58 Å². The van der Waals surface area contributed by atoms with Gasteiger partial charge in [0.15, 0.2) is 11.0 Å². The Balaban J connectivity index is 2.05. The summed E-state index contributed by atoms with van der Waals surface area (Å²) in [7, 11) is 0. The number of rotatable bonds is 6. The predicted molar refractivity (Wildman–Crippen MR) is 83.7 cm³/mol. The van der Waals surface area contributed by atoms with E-state index in [1.807, 2.05) is 0 Å². The molecule has 0 unspecified atom stereocenters. The molecule has 0 fully saturated rings. The van der Waals surface area contributed by atoms with E-state index in [-0.39, 0.29) is 17.5 Å². The van der Waals surface area contributed by atoms with Gasteiger partial charge in [-0.25, -0.2) is 0 Å². The minimum absolute atomic E-state index is 0.0545. The number of amides is 1. The average Bonchev–Trinajstić information content (AvgIpc) is 2.85. The molecular weight excluding hydrogens is 306 g/mol. The number of anilines is 2. The lowest BCUT2D eigenvalue weighted by Gasteiger charge is -2.12. The van der Waals surface area contributed by atoms with Crippen molar-refractivity contribution in [1.82, 2.24) is 14.7 Å². The number of nitrogen functional groups attached to an aromatic ring is 1. The predicted octanol–water partition coefficient (Wildman–Crippen LogP) is 1.04. The SMILES string of the molecule is C=CCn1c(N)cc(=O)nc1SCC(=O)Nc1cc(C)on1. The van der Waals surface area contributed by atoms with Crippen molar-refractivity contribution >= 4 is 29.3 Å². The Morgan fingerprint density at radius 2 is 2.36 bits per heavy atom. The van der Waals surface area contributed by atoms with Gasteiger partial charge in [-0.2, -0.15) is 4.98 Å². The fourth-order valence-electron chi connectivity index (χ4n) is 1.66. The van der Waals surface area contributed by atoms with E-state index in [2.05, 4.69) is 22.0 Å². The second-order valence-electron chi connectivity index (χ2n) is 4.36. The van der Waals surface area contributed by atoms with Gasteiger partial charge < -0.3 is 20.1 Å². The fraction of sp³-hybridized carbons (Fsp3) is 0.231. The number of aromatic nitrogens is 3. The summed E-state index contributed by atoms with van der Waals surface area (Å²) in [5.74, 6) is 0.973. The van der Waals surface area contributed by atoms with Crippen molar-refractivity contribution in [2.24, 2.45) is 0 Å². The molecule has 0 saturated heterocycles. The minimum Gasteiger partial charge on any atom is -0.385 e. The van der Waals surface area contributed by atoms with Crippen molar-refractivity contribution in [2.75, 3.05) is 16.8 Å². The first-order chi connectivity index (χ1) is 10.5. The number of nitrogens with two attached hydrogens (primary N) is 1. The van der Waals surface area contributed by atoms with Crippen molar-refractivity contribution in [3.05, 3.63) is 40.9 Å².